The number of nitrogens with one attached hydrogen (secondary N) is 1. The number of aromatic nitrogens is 2. The molecule has 27 heavy (non-hydrogen) atoms. The van der Waals surface area contributed by atoms with E-state index in [2.05, 4.69) is 15.5 Å². The van der Waals surface area contributed by atoms with E-state index in [4.69, 9.17) is 4.42 Å². The van der Waals surface area contributed by atoms with Crippen LogP contribution in [-0.4, -0.2) is 27.0 Å². The van der Waals surface area contributed by atoms with E-state index in [0.29, 0.717) is 11.5 Å². The highest BCUT2D eigenvalue weighted by atomic mass is 19.1. The molecule has 0 saturated carbocycles. The molecule has 7 nitrogen and oxygen atoms in total. The van der Waals surface area contributed by atoms with Gasteiger partial charge in [-0.25, -0.2) is 9.18 Å². The summed E-state index contributed by atoms with van der Waals surface area (Å²) in [6.45, 7) is 1.42. The van der Waals surface area contributed by atoms with Crippen molar-refractivity contribution in [2.24, 2.45) is 0 Å². The van der Waals surface area contributed by atoms with Crippen molar-refractivity contribution in [1.29, 1.82) is 0 Å². The largest absolute Gasteiger partial charge is 0.419 e. The van der Waals surface area contributed by atoms with Crippen LogP contribution in [0.5, 0.6) is 0 Å². The number of rotatable bonds is 4. The number of carbonyl (C=O) groups is 2. The third-order valence-corrected chi connectivity index (χ3v) is 4.48. The summed E-state index contributed by atoms with van der Waals surface area (Å²) in [6, 6.07) is 14.0. The van der Waals surface area contributed by atoms with Crippen LogP contribution in [0, 0.1) is 5.82 Å². The fourth-order valence-corrected chi connectivity index (χ4v) is 2.97. The minimum Gasteiger partial charge on any atom is -0.419 e. The fraction of sp³-hybridized carbons (Fsp3) is 0.158. The van der Waals surface area contributed by atoms with Crippen molar-refractivity contribution in [3.05, 3.63) is 71.9 Å². The zero-order chi connectivity index (χ0) is 19.0. The molecule has 8 heteroatoms. The van der Waals surface area contributed by atoms with Crippen molar-refractivity contribution in [1.82, 2.24) is 20.4 Å². The number of halogens is 1. The zero-order valence-electron chi connectivity index (χ0n) is 14.3. The van der Waals surface area contributed by atoms with E-state index in [0.717, 1.165) is 10.5 Å². The Morgan fingerprint density at radius 3 is 2.48 bits per heavy atom. The van der Waals surface area contributed by atoms with Gasteiger partial charge in [0.15, 0.2) is 0 Å². The van der Waals surface area contributed by atoms with Crippen molar-refractivity contribution in [3.8, 4) is 11.5 Å². The van der Waals surface area contributed by atoms with Crippen LogP contribution >= 0.6 is 0 Å². The zero-order valence-corrected chi connectivity index (χ0v) is 14.3. The first-order valence-electron chi connectivity index (χ1n) is 8.25. The molecule has 3 amide bonds. The van der Waals surface area contributed by atoms with Crippen LogP contribution < -0.4 is 5.32 Å². The Labute approximate surface area is 153 Å². The van der Waals surface area contributed by atoms with Gasteiger partial charge in [-0.15, -0.1) is 10.2 Å². The summed E-state index contributed by atoms with van der Waals surface area (Å²) < 4.78 is 18.7. The molecular formula is C19H15FN4O3. The standard InChI is InChI=1S/C19H15FN4O3/c1-19(13-7-9-14(20)10-8-13)17(25)24(18(26)21-19)11-15-22-23-16(27-15)12-5-3-2-4-6-12/h2-10H,11H2,1H3,(H,21,26). The number of amides is 3. The molecule has 0 spiro atoms. The molecule has 136 valence electrons. The SMILES string of the molecule is CC1(c2ccc(F)cc2)NC(=O)N(Cc2nnc(-c3ccccc3)o2)C1=O. The maximum atomic E-state index is 13.2. The molecule has 1 saturated heterocycles. The number of benzene rings is 2. The van der Waals surface area contributed by atoms with Gasteiger partial charge in [-0.05, 0) is 36.8 Å². The molecular weight excluding hydrogens is 351 g/mol. The molecule has 0 bridgehead atoms. The Hall–Kier alpha value is -3.55. The quantitative estimate of drug-likeness (QED) is 0.718. The number of imide groups is 1. The third kappa shape index (κ3) is 2.95. The molecule has 0 radical (unpaired) electrons. The van der Waals surface area contributed by atoms with Crippen LogP contribution in [0.3, 0.4) is 0 Å². The van der Waals surface area contributed by atoms with Gasteiger partial charge in [0.2, 0.25) is 11.8 Å². The van der Waals surface area contributed by atoms with Crippen molar-refractivity contribution in [2.45, 2.75) is 19.0 Å². The molecule has 0 aliphatic carbocycles. The smallest absolute Gasteiger partial charge is 0.325 e. The average Bonchev–Trinajstić information content (AvgIpc) is 3.22. The summed E-state index contributed by atoms with van der Waals surface area (Å²) in [5, 5.41) is 10.5. The number of hydrogen-bond acceptors (Lipinski definition) is 5. The normalized spacial score (nSPS) is 19.4. The lowest BCUT2D eigenvalue weighted by Gasteiger charge is -2.21. The Morgan fingerprint density at radius 2 is 1.78 bits per heavy atom. The topological polar surface area (TPSA) is 88.3 Å². The van der Waals surface area contributed by atoms with Crippen molar-refractivity contribution >= 4 is 11.9 Å². The molecule has 3 aromatic rings. The van der Waals surface area contributed by atoms with Crippen LogP contribution in [-0.2, 0) is 16.9 Å². The first kappa shape index (κ1) is 16.9. The van der Waals surface area contributed by atoms with E-state index in [-0.39, 0.29) is 12.4 Å². The summed E-state index contributed by atoms with van der Waals surface area (Å²) in [7, 11) is 0. The lowest BCUT2D eigenvalue weighted by Crippen LogP contribution is -2.40. The van der Waals surface area contributed by atoms with Gasteiger partial charge in [0.25, 0.3) is 5.91 Å². The molecule has 1 aliphatic heterocycles. The lowest BCUT2D eigenvalue weighted by molar-refractivity contribution is -0.131. The predicted octanol–water partition coefficient (Wildman–Crippen LogP) is 2.84. The van der Waals surface area contributed by atoms with Crippen LogP contribution in [0.2, 0.25) is 0 Å². The van der Waals surface area contributed by atoms with Crippen LogP contribution in [0.25, 0.3) is 11.5 Å². The monoisotopic (exact) mass is 366 g/mol. The number of hydrogen-bond donors (Lipinski definition) is 1. The molecule has 1 unspecified atom stereocenters. The Balaban J connectivity index is 1.56. The Bertz CT molecular complexity index is 1000. The number of carbonyl (C=O) groups excluding carboxylic acids is 2. The summed E-state index contributed by atoms with van der Waals surface area (Å²) in [4.78, 5) is 26.2. The van der Waals surface area contributed by atoms with E-state index >= 15 is 0 Å². The third-order valence-electron chi connectivity index (χ3n) is 4.48. The molecule has 1 atom stereocenters. The van der Waals surface area contributed by atoms with Gasteiger partial charge in [-0.1, -0.05) is 30.3 Å². The van der Waals surface area contributed by atoms with Crippen LogP contribution in [0.4, 0.5) is 9.18 Å². The average molecular weight is 366 g/mol. The number of urea groups is 1. The van der Waals surface area contributed by atoms with Gasteiger partial charge in [-0.3, -0.25) is 9.69 Å². The van der Waals surface area contributed by atoms with Gasteiger partial charge in [0.1, 0.15) is 17.9 Å². The van der Waals surface area contributed by atoms with E-state index < -0.39 is 23.3 Å². The second kappa shape index (κ2) is 6.31. The molecule has 1 aromatic heterocycles. The second-order valence-electron chi connectivity index (χ2n) is 6.32. The van der Waals surface area contributed by atoms with Gasteiger partial charge >= 0.3 is 6.03 Å². The summed E-state index contributed by atoms with van der Waals surface area (Å²) in [5.74, 6) is -0.450. The predicted molar refractivity (Wildman–Crippen MR) is 92.6 cm³/mol. The van der Waals surface area contributed by atoms with Crippen molar-refractivity contribution < 1.29 is 18.4 Å². The highest BCUT2D eigenvalue weighted by molar-refractivity contribution is 6.07. The first-order chi connectivity index (χ1) is 13.0. The van der Waals surface area contributed by atoms with E-state index in [9.17, 15) is 14.0 Å². The first-order valence-corrected chi connectivity index (χ1v) is 8.25. The molecule has 1 aliphatic rings. The minimum atomic E-state index is -1.28. The van der Waals surface area contributed by atoms with Crippen molar-refractivity contribution in [3.63, 3.8) is 0 Å². The molecule has 2 aromatic carbocycles. The Morgan fingerprint density at radius 1 is 1.07 bits per heavy atom. The molecule has 1 N–H and O–H groups in total. The van der Waals surface area contributed by atoms with Crippen molar-refractivity contribution in [2.75, 3.05) is 0 Å². The summed E-state index contributed by atoms with van der Waals surface area (Å²) in [6.07, 6.45) is 0. The van der Waals surface area contributed by atoms with Crippen LogP contribution in [0.1, 0.15) is 18.4 Å². The molecule has 1 fully saturated rings. The Kier molecular flexibility index (Phi) is 3.95. The maximum absolute atomic E-state index is 13.2. The van der Waals surface area contributed by atoms with Crippen LogP contribution in [0.15, 0.2) is 59.0 Å². The van der Waals surface area contributed by atoms with E-state index in [1.54, 1.807) is 6.92 Å². The van der Waals surface area contributed by atoms with Gasteiger partial charge in [0, 0.05) is 5.56 Å². The fourth-order valence-electron chi connectivity index (χ4n) is 2.97. The lowest BCUT2D eigenvalue weighted by atomic mass is 9.92. The highest BCUT2D eigenvalue weighted by Gasteiger charge is 2.49. The maximum Gasteiger partial charge on any atom is 0.325 e. The second-order valence-corrected chi connectivity index (χ2v) is 6.32. The van der Waals surface area contributed by atoms with Gasteiger partial charge < -0.3 is 9.73 Å². The highest BCUT2D eigenvalue weighted by Crippen LogP contribution is 2.30. The summed E-state index contributed by atoms with van der Waals surface area (Å²) in [5.41, 5.74) is -0.0579. The van der Waals surface area contributed by atoms with E-state index in [1.807, 2.05) is 30.3 Å². The van der Waals surface area contributed by atoms with Gasteiger partial charge in [-0.2, -0.15) is 0 Å². The minimum absolute atomic E-state index is 0.140. The molecule has 4 rings (SSSR count). The molecule has 2 heterocycles. The summed E-state index contributed by atoms with van der Waals surface area (Å²) >= 11 is 0. The van der Waals surface area contributed by atoms with Gasteiger partial charge in [0.05, 0.1) is 0 Å². The van der Waals surface area contributed by atoms with E-state index in [1.165, 1.54) is 24.3 Å². The number of nitrogens with zero attached hydrogens (tertiary/aromatic N) is 3.